The molecule has 0 unspecified atom stereocenters. The molecular weight excluding hydrogens is 262 g/mol. The van der Waals surface area contributed by atoms with Crippen LogP contribution in [-0.4, -0.2) is 26.1 Å². The summed E-state index contributed by atoms with van der Waals surface area (Å²) in [5.41, 5.74) is 10.9. The number of rotatable bonds is 4. The molecule has 0 saturated carbocycles. The predicted octanol–water partition coefficient (Wildman–Crippen LogP) is 1.74. The van der Waals surface area contributed by atoms with Crippen molar-refractivity contribution in [2.45, 2.75) is 33.7 Å². The number of nitrogens with zero attached hydrogens (tertiary/aromatic N) is 4. The molecule has 0 aromatic carbocycles. The Morgan fingerprint density at radius 3 is 2.37 bits per heavy atom. The lowest BCUT2D eigenvalue weighted by atomic mass is 10.1. The van der Waals surface area contributed by atoms with Crippen molar-refractivity contribution in [2.24, 2.45) is 12.8 Å². The third kappa shape index (κ3) is 2.53. The first kappa shape index (κ1) is 14.1. The fourth-order valence-electron chi connectivity index (χ4n) is 2.39. The number of aryl methyl sites for hydroxylation is 3. The number of nitrogens with two attached hydrogens (primary N) is 1. The van der Waals surface area contributed by atoms with Gasteiger partial charge >= 0.3 is 0 Å². The van der Waals surface area contributed by atoms with Crippen molar-refractivity contribution < 1.29 is 0 Å². The second-order valence-electron chi connectivity index (χ2n) is 4.82. The Bertz CT molecular complexity index is 597. The fraction of sp³-hybridized carbons (Fsp3) is 0.538. The number of aromatic nitrogens is 4. The normalized spacial score (nSPS) is 11.3. The lowest BCUT2D eigenvalue weighted by Crippen LogP contribution is -2.10. The highest BCUT2D eigenvalue weighted by Gasteiger charge is 2.15. The number of halogens is 1. The van der Waals surface area contributed by atoms with Crippen LogP contribution >= 0.6 is 11.6 Å². The van der Waals surface area contributed by atoms with Gasteiger partial charge in [-0.25, -0.2) is 0 Å². The predicted molar refractivity (Wildman–Crippen MR) is 76.5 cm³/mol. The maximum Gasteiger partial charge on any atom is 0.0866 e. The molecule has 0 spiro atoms. The maximum atomic E-state index is 6.28. The van der Waals surface area contributed by atoms with Crippen molar-refractivity contribution in [3.05, 3.63) is 33.4 Å². The SMILES string of the molecule is Cc1nn(C)c(Cn2nc(C)c(CCN)c2C)c1Cl. The minimum Gasteiger partial charge on any atom is -0.330 e. The van der Waals surface area contributed by atoms with E-state index in [-0.39, 0.29) is 0 Å². The van der Waals surface area contributed by atoms with Crippen molar-refractivity contribution in [1.82, 2.24) is 19.6 Å². The third-order valence-corrected chi connectivity index (χ3v) is 3.98. The van der Waals surface area contributed by atoms with Gasteiger partial charge in [-0.3, -0.25) is 9.36 Å². The first-order valence-electron chi connectivity index (χ1n) is 6.36. The average molecular weight is 282 g/mol. The van der Waals surface area contributed by atoms with Gasteiger partial charge in [0.05, 0.1) is 28.6 Å². The lowest BCUT2D eigenvalue weighted by Gasteiger charge is -2.06. The van der Waals surface area contributed by atoms with E-state index in [4.69, 9.17) is 17.3 Å². The molecule has 2 heterocycles. The Kier molecular flexibility index (Phi) is 3.96. The van der Waals surface area contributed by atoms with E-state index in [1.54, 1.807) is 0 Å². The summed E-state index contributed by atoms with van der Waals surface area (Å²) >= 11 is 6.28. The number of hydrogen-bond donors (Lipinski definition) is 1. The molecule has 0 saturated heterocycles. The van der Waals surface area contributed by atoms with Crippen molar-refractivity contribution in [3.63, 3.8) is 0 Å². The van der Waals surface area contributed by atoms with Crippen LogP contribution in [-0.2, 0) is 20.0 Å². The van der Waals surface area contributed by atoms with E-state index >= 15 is 0 Å². The Labute approximate surface area is 118 Å². The van der Waals surface area contributed by atoms with Gasteiger partial charge in [-0.2, -0.15) is 10.2 Å². The van der Waals surface area contributed by atoms with Gasteiger partial charge in [0.15, 0.2) is 0 Å². The van der Waals surface area contributed by atoms with Crippen LogP contribution in [0.25, 0.3) is 0 Å². The van der Waals surface area contributed by atoms with Crippen LogP contribution < -0.4 is 5.73 Å². The van der Waals surface area contributed by atoms with Crippen LogP contribution in [0, 0.1) is 20.8 Å². The van der Waals surface area contributed by atoms with Crippen LogP contribution in [0.4, 0.5) is 0 Å². The van der Waals surface area contributed by atoms with Crippen LogP contribution in [0.3, 0.4) is 0 Å². The van der Waals surface area contributed by atoms with Crippen molar-refractivity contribution in [1.29, 1.82) is 0 Å². The Morgan fingerprint density at radius 1 is 1.16 bits per heavy atom. The van der Waals surface area contributed by atoms with E-state index < -0.39 is 0 Å². The summed E-state index contributed by atoms with van der Waals surface area (Å²) in [6.45, 7) is 7.27. The lowest BCUT2D eigenvalue weighted by molar-refractivity contribution is 0.603. The largest absolute Gasteiger partial charge is 0.330 e. The minimum absolute atomic E-state index is 0.632. The molecule has 0 aliphatic carbocycles. The summed E-state index contributed by atoms with van der Waals surface area (Å²) in [4.78, 5) is 0. The topological polar surface area (TPSA) is 61.7 Å². The van der Waals surface area contributed by atoms with Gasteiger partial charge in [0.1, 0.15) is 0 Å². The monoisotopic (exact) mass is 281 g/mol. The quantitative estimate of drug-likeness (QED) is 0.929. The summed E-state index contributed by atoms with van der Waals surface area (Å²) in [5.74, 6) is 0. The van der Waals surface area contributed by atoms with Crippen LogP contribution in [0.5, 0.6) is 0 Å². The summed E-state index contributed by atoms with van der Waals surface area (Å²) in [5, 5.41) is 9.62. The summed E-state index contributed by atoms with van der Waals surface area (Å²) < 4.78 is 3.79. The zero-order chi connectivity index (χ0) is 14.2. The van der Waals surface area contributed by atoms with E-state index in [2.05, 4.69) is 17.1 Å². The molecule has 2 N–H and O–H groups in total. The van der Waals surface area contributed by atoms with Crippen molar-refractivity contribution in [2.75, 3.05) is 6.54 Å². The first-order valence-corrected chi connectivity index (χ1v) is 6.74. The molecule has 0 radical (unpaired) electrons. The van der Waals surface area contributed by atoms with E-state index in [0.29, 0.717) is 13.1 Å². The molecule has 0 aliphatic rings. The molecule has 5 nitrogen and oxygen atoms in total. The highest BCUT2D eigenvalue weighted by molar-refractivity contribution is 6.31. The maximum absolute atomic E-state index is 6.28. The van der Waals surface area contributed by atoms with E-state index in [9.17, 15) is 0 Å². The minimum atomic E-state index is 0.632. The third-order valence-electron chi connectivity index (χ3n) is 3.49. The zero-order valence-electron chi connectivity index (χ0n) is 11.9. The van der Waals surface area contributed by atoms with Crippen molar-refractivity contribution >= 4 is 11.6 Å². The highest BCUT2D eigenvalue weighted by atomic mass is 35.5. The van der Waals surface area contributed by atoms with Gasteiger partial charge in [-0.15, -0.1) is 0 Å². The molecule has 6 heteroatoms. The van der Waals surface area contributed by atoms with Gasteiger partial charge in [0.2, 0.25) is 0 Å². The molecule has 2 aromatic heterocycles. The van der Waals surface area contributed by atoms with Gasteiger partial charge < -0.3 is 5.73 Å². The molecule has 0 bridgehead atoms. The van der Waals surface area contributed by atoms with Crippen LogP contribution in [0.15, 0.2) is 0 Å². The second-order valence-corrected chi connectivity index (χ2v) is 5.19. The molecule has 0 fully saturated rings. The van der Waals surface area contributed by atoms with E-state index in [1.165, 1.54) is 5.56 Å². The van der Waals surface area contributed by atoms with Crippen LogP contribution in [0.1, 0.15) is 28.3 Å². The Hall–Kier alpha value is -1.33. The van der Waals surface area contributed by atoms with Gasteiger partial charge in [0, 0.05) is 12.7 Å². The smallest absolute Gasteiger partial charge is 0.0866 e. The van der Waals surface area contributed by atoms with Crippen LogP contribution in [0.2, 0.25) is 5.02 Å². The Balaban J connectivity index is 2.36. The van der Waals surface area contributed by atoms with Gasteiger partial charge in [-0.05, 0) is 39.3 Å². The van der Waals surface area contributed by atoms with Gasteiger partial charge in [0.25, 0.3) is 0 Å². The standard InChI is InChI=1S/C13H20ClN5/c1-8-11(5-6-15)10(3)19(17-8)7-12-13(14)9(2)16-18(12)4/h5-7,15H2,1-4H3. The molecule has 2 rings (SSSR count). The molecule has 0 aliphatic heterocycles. The fourth-order valence-corrected chi connectivity index (χ4v) is 2.61. The molecular formula is C13H20ClN5. The van der Waals surface area contributed by atoms with E-state index in [0.717, 1.165) is 34.2 Å². The molecule has 104 valence electrons. The summed E-state index contributed by atoms with van der Waals surface area (Å²) in [7, 11) is 1.90. The summed E-state index contributed by atoms with van der Waals surface area (Å²) in [6.07, 6.45) is 0.857. The second kappa shape index (κ2) is 5.35. The van der Waals surface area contributed by atoms with E-state index in [1.807, 2.05) is 30.3 Å². The van der Waals surface area contributed by atoms with Crippen molar-refractivity contribution in [3.8, 4) is 0 Å². The molecule has 0 amide bonds. The van der Waals surface area contributed by atoms with Gasteiger partial charge in [-0.1, -0.05) is 11.6 Å². The zero-order valence-corrected chi connectivity index (χ0v) is 12.6. The molecule has 19 heavy (non-hydrogen) atoms. The Morgan fingerprint density at radius 2 is 1.84 bits per heavy atom. The first-order chi connectivity index (χ1) is 8.95. The average Bonchev–Trinajstić information content (AvgIpc) is 2.75. The highest BCUT2D eigenvalue weighted by Crippen LogP contribution is 2.22. The molecule has 2 aromatic rings. The number of hydrogen-bond acceptors (Lipinski definition) is 3. The summed E-state index contributed by atoms with van der Waals surface area (Å²) in [6, 6.07) is 0. The molecule has 0 atom stereocenters.